The van der Waals surface area contributed by atoms with Crippen LogP contribution in [0.15, 0.2) is 23.2 Å². The van der Waals surface area contributed by atoms with E-state index in [9.17, 15) is 4.79 Å². The Morgan fingerprint density at radius 3 is 2.53 bits per heavy atom. The van der Waals surface area contributed by atoms with E-state index < -0.39 is 5.41 Å². The van der Waals surface area contributed by atoms with Crippen LogP contribution >= 0.6 is 24.0 Å². The third-order valence-corrected chi connectivity index (χ3v) is 5.16. The molecule has 1 saturated carbocycles. The number of rotatable bonds is 9. The highest BCUT2D eigenvalue weighted by Crippen LogP contribution is 2.35. The van der Waals surface area contributed by atoms with E-state index in [0.717, 1.165) is 36.4 Å². The van der Waals surface area contributed by atoms with E-state index in [1.54, 1.807) is 14.2 Å². The molecule has 0 atom stereocenters. The maximum Gasteiger partial charge on any atom is 0.227 e. The van der Waals surface area contributed by atoms with E-state index in [1.165, 1.54) is 12.8 Å². The Labute approximate surface area is 197 Å². The van der Waals surface area contributed by atoms with Gasteiger partial charge in [-0.2, -0.15) is 0 Å². The summed E-state index contributed by atoms with van der Waals surface area (Å²) in [5.41, 5.74) is 0.441. The third-order valence-electron chi connectivity index (χ3n) is 5.16. The van der Waals surface area contributed by atoms with Crippen molar-refractivity contribution in [2.24, 2.45) is 10.4 Å². The van der Waals surface area contributed by atoms with Crippen molar-refractivity contribution >= 4 is 35.8 Å². The van der Waals surface area contributed by atoms with Gasteiger partial charge >= 0.3 is 0 Å². The molecule has 0 unspecified atom stereocenters. The summed E-state index contributed by atoms with van der Waals surface area (Å²) < 4.78 is 11.8. The Hall–Kier alpha value is -1.71. The van der Waals surface area contributed by atoms with Gasteiger partial charge in [0.15, 0.2) is 17.5 Å². The molecule has 1 aliphatic carbocycles. The van der Waals surface area contributed by atoms with Gasteiger partial charge in [-0.25, -0.2) is 4.99 Å². The molecule has 0 aliphatic heterocycles. The van der Waals surface area contributed by atoms with Crippen molar-refractivity contribution in [1.29, 1.82) is 0 Å². The van der Waals surface area contributed by atoms with Gasteiger partial charge in [-0.15, -0.1) is 24.0 Å². The largest absolute Gasteiger partial charge is 0.493 e. The van der Waals surface area contributed by atoms with Crippen molar-refractivity contribution in [3.8, 4) is 11.5 Å². The third kappa shape index (κ3) is 7.52. The van der Waals surface area contributed by atoms with Crippen LogP contribution in [0.5, 0.6) is 11.5 Å². The summed E-state index contributed by atoms with van der Waals surface area (Å²) in [5, 5.41) is 9.22. The molecule has 0 saturated heterocycles. The van der Waals surface area contributed by atoms with Crippen LogP contribution in [-0.4, -0.2) is 45.2 Å². The van der Waals surface area contributed by atoms with E-state index in [1.807, 2.05) is 39.0 Å². The van der Waals surface area contributed by atoms with E-state index in [-0.39, 0.29) is 36.0 Å². The van der Waals surface area contributed by atoms with Crippen LogP contribution < -0.4 is 25.4 Å². The van der Waals surface area contributed by atoms with Crippen molar-refractivity contribution in [2.45, 2.75) is 59.1 Å². The minimum absolute atomic E-state index is 0. The lowest BCUT2D eigenvalue weighted by Crippen LogP contribution is -2.47. The number of para-hydroxylation sites is 1. The Balaban J connectivity index is 0.00000450. The average Bonchev–Trinajstić information content (AvgIpc) is 3.23. The van der Waals surface area contributed by atoms with Crippen molar-refractivity contribution in [1.82, 2.24) is 16.0 Å². The second-order valence-corrected chi connectivity index (χ2v) is 7.98. The SMILES string of the molecule is CCNC(=NCc1cccc(OC)c1OC1CCCC1)NCC(C)(C)C(=O)NC.I. The van der Waals surface area contributed by atoms with Crippen LogP contribution in [-0.2, 0) is 11.3 Å². The topological polar surface area (TPSA) is 84.0 Å². The predicted octanol–water partition coefficient (Wildman–Crippen LogP) is 3.46. The number of carbonyl (C=O) groups is 1. The molecule has 0 radical (unpaired) electrons. The zero-order valence-electron chi connectivity index (χ0n) is 18.8. The molecule has 1 aromatic carbocycles. The highest BCUT2D eigenvalue weighted by Gasteiger charge is 2.26. The molecular formula is C22H37IN4O3. The molecule has 0 heterocycles. The molecule has 3 N–H and O–H groups in total. The lowest BCUT2D eigenvalue weighted by molar-refractivity contribution is -0.128. The number of methoxy groups -OCH3 is 1. The monoisotopic (exact) mass is 532 g/mol. The summed E-state index contributed by atoms with van der Waals surface area (Å²) in [6.07, 6.45) is 4.83. The highest BCUT2D eigenvalue weighted by atomic mass is 127. The number of ether oxygens (including phenoxy) is 2. The Morgan fingerprint density at radius 1 is 1.23 bits per heavy atom. The van der Waals surface area contributed by atoms with Crippen molar-refractivity contribution in [3.05, 3.63) is 23.8 Å². The summed E-state index contributed by atoms with van der Waals surface area (Å²) in [7, 11) is 3.31. The van der Waals surface area contributed by atoms with Crippen molar-refractivity contribution < 1.29 is 14.3 Å². The number of hydrogen-bond donors (Lipinski definition) is 3. The summed E-state index contributed by atoms with van der Waals surface area (Å²) in [6, 6.07) is 5.90. The van der Waals surface area contributed by atoms with E-state index in [2.05, 4.69) is 16.0 Å². The molecule has 170 valence electrons. The molecule has 0 aromatic heterocycles. The van der Waals surface area contributed by atoms with Gasteiger partial charge in [-0.1, -0.05) is 12.1 Å². The number of hydrogen-bond acceptors (Lipinski definition) is 4. The summed E-state index contributed by atoms with van der Waals surface area (Å²) in [5.74, 6) is 2.18. The van der Waals surface area contributed by atoms with Crippen molar-refractivity contribution in [3.63, 3.8) is 0 Å². The molecule has 1 amide bonds. The van der Waals surface area contributed by atoms with Gasteiger partial charge in [0.25, 0.3) is 0 Å². The Morgan fingerprint density at radius 2 is 1.93 bits per heavy atom. The van der Waals surface area contributed by atoms with E-state index in [4.69, 9.17) is 14.5 Å². The molecule has 7 nitrogen and oxygen atoms in total. The van der Waals surface area contributed by atoms with Gasteiger partial charge in [0.2, 0.25) is 5.91 Å². The van der Waals surface area contributed by atoms with Crippen LogP contribution in [0.4, 0.5) is 0 Å². The molecule has 0 bridgehead atoms. The lowest BCUT2D eigenvalue weighted by Gasteiger charge is -2.24. The summed E-state index contributed by atoms with van der Waals surface area (Å²) in [4.78, 5) is 16.7. The second kappa shape index (κ2) is 12.9. The number of nitrogens with one attached hydrogen (secondary N) is 3. The number of amides is 1. The van der Waals surface area contributed by atoms with Crippen LogP contribution in [0.2, 0.25) is 0 Å². The zero-order valence-corrected chi connectivity index (χ0v) is 21.2. The Bertz CT molecular complexity index is 704. The van der Waals surface area contributed by atoms with Crippen LogP contribution in [0.3, 0.4) is 0 Å². The minimum atomic E-state index is -0.544. The first-order valence-corrected chi connectivity index (χ1v) is 10.5. The molecular weight excluding hydrogens is 495 g/mol. The Kier molecular flexibility index (Phi) is 11.3. The minimum Gasteiger partial charge on any atom is -0.493 e. The fourth-order valence-electron chi connectivity index (χ4n) is 3.38. The van der Waals surface area contributed by atoms with Gasteiger partial charge in [-0.3, -0.25) is 4.79 Å². The number of halogens is 1. The number of carbonyl (C=O) groups excluding carboxylic acids is 1. The average molecular weight is 532 g/mol. The molecule has 2 rings (SSSR count). The molecule has 8 heteroatoms. The van der Waals surface area contributed by atoms with E-state index >= 15 is 0 Å². The zero-order chi connectivity index (χ0) is 21.3. The number of benzene rings is 1. The predicted molar refractivity (Wildman–Crippen MR) is 132 cm³/mol. The van der Waals surface area contributed by atoms with Gasteiger partial charge < -0.3 is 25.4 Å². The maximum absolute atomic E-state index is 12.0. The van der Waals surface area contributed by atoms with Gasteiger partial charge in [0.1, 0.15) is 0 Å². The van der Waals surface area contributed by atoms with Gasteiger partial charge in [-0.05, 0) is 52.5 Å². The maximum atomic E-state index is 12.0. The van der Waals surface area contributed by atoms with Crippen LogP contribution in [0.25, 0.3) is 0 Å². The lowest BCUT2D eigenvalue weighted by atomic mass is 9.92. The molecule has 30 heavy (non-hydrogen) atoms. The first-order chi connectivity index (χ1) is 13.9. The standard InChI is InChI=1S/C22H36N4O3.HI/c1-6-24-21(26-15-22(2,3)20(27)23-4)25-14-16-10-9-13-18(28-5)19(16)29-17-11-7-8-12-17;/h9-10,13,17H,6-8,11-12,14-15H2,1-5H3,(H,23,27)(H2,24,25,26);1H. The molecule has 0 spiro atoms. The van der Waals surface area contributed by atoms with Crippen LogP contribution in [0.1, 0.15) is 52.0 Å². The summed E-state index contributed by atoms with van der Waals surface area (Å²) in [6.45, 7) is 7.48. The summed E-state index contributed by atoms with van der Waals surface area (Å²) >= 11 is 0. The normalized spacial score (nSPS) is 14.6. The molecule has 1 aromatic rings. The molecule has 1 fully saturated rings. The first-order valence-electron chi connectivity index (χ1n) is 10.5. The number of guanidine groups is 1. The van der Waals surface area contributed by atoms with Crippen molar-refractivity contribution in [2.75, 3.05) is 27.2 Å². The fourth-order valence-corrected chi connectivity index (χ4v) is 3.38. The molecule has 1 aliphatic rings. The fraction of sp³-hybridized carbons (Fsp3) is 0.636. The van der Waals surface area contributed by atoms with Crippen LogP contribution in [0, 0.1) is 5.41 Å². The smallest absolute Gasteiger partial charge is 0.227 e. The first kappa shape index (κ1) is 26.3. The highest BCUT2D eigenvalue weighted by molar-refractivity contribution is 14.0. The number of nitrogens with zero attached hydrogens (tertiary/aromatic N) is 1. The van der Waals surface area contributed by atoms with E-state index in [0.29, 0.717) is 19.0 Å². The van der Waals surface area contributed by atoms with Gasteiger partial charge in [0.05, 0.1) is 25.2 Å². The quantitative estimate of drug-likeness (QED) is 0.258. The number of aliphatic imine (C=N–C) groups is 1. The van der Waals surface area contributed by atoms with Gasteiger partial charge in [0, 0.05) is 25.7 Å². The second-order valence-electron chi connectivity index (χ2n) is 7.98.